The smallest absolute Gasteiger partial charge is 0.243 e. The molecule has 0 N–H and O–H groups in total. The first-order valence-corrected chi connectivity index (χ1v) is 10.1. The highest BCUT2D eigenvalue weighted by Crippen LogP contribution is 2.25. The van der Waals surface area contributed by atoms with Gasteiger partial charge in [-0.05, 0) is 42.3 Å². The average Bonchev–Trinajstić information content (AvgIpc) is 2.58. The zero-order valence-electron chi connectivity index (χ0n) is 13.5. The van der Waals surface area contributed by atoms with Crippen molar-refractivity contribution in [2.75, 3.05) is 26.2 Å². The molecule has 2 aromatic rings. The standard InChI is InChI=1S/C17H20BrN3O2S/c1-14-2-3-16(18)12-17(14)24(22,23)21-10-8-20(9-11-21)13-15-4-6-19-7-5-15/h2-7,12H,8-11,13H2,1H3. The summed E-state index contributed by atoms with van der Waals surface area (Å²) in [6, 6.07) is 9.37. The average molecular weight is 410 g/mol. The second-order valence-corrected chi connectivity index (χ2v) is 8.77. The number of piperazine rings is 1. The number of nitrogens with zero attached hydrogens (tertiary/aromatic N) is 3. The number of hydrogen-bond donors (Lipinski definition) is 0. The molecule has 5 nitrogen and oxygen atoms in total. The third-order valence-electron chi connectivity index (χ3n) is 4.25. The highest BCUT2D eigenvalue weighted by atomic mass is 79.9. The summed E-state index contributed by atoms with van der Waals surface area (Å²) in [7, 11) is -3.44. The fourth-order valence-electron chi connectivity index (χ4n) is 2.87. The molecule has 0 radical (unpaired) electrons. The highest BCUT2D eigenvalue weighted by Gasteiger charge is 2.29. The largest absolute Gasteiger partial charge is 0.296 e. The van der Waals surface area contributed by atoms with Gasteiger partial charge in [-0.2, -0.15) is 4.31 Å². The molecule has 128 valence electrons. The molecule has 2 heterocycles. The molecule has 1 aliphatic heterocycles. The maximum absolute atomic E-state index is 12.9. The van der Waals surface area contributed by atoms with E-state index in [1.54, 1.807) is 22.8 Å². The lowest BCUT2D eigenvalue weighted by Crippen LogP contribution is -2.48. The normalized spacial score (nSPS) is 17.1. The van der Waals surface area contributed by atoms with Crippen molar-refractivity contribution in [1.29, 1.82) is 0 Å². The van der Waals surface area contributed by atoms with Crippen LogP contribution in [0.25, 0.3) is 0 Å². The molecular formula is C17H20BrN3O2S. The zero-order valence-corrected chi connectivity index (χ0v) is 15.9. The van der Waals surface area contributed by atoms with Crippen molar-refractivity contribution < 1.29 is 8.42 Å². The van der Waals surface area contributed by atoms with Crippen LogP contribution in [0.4, 0.5) is 0 Å². The molecule has 0 spiro atoms. The van der Waals surface area contributed by atoms with E-state index in [0.29, 0.717) is 18.0 Å². The van der Waals surface area contributed by atoms with Gasteiger partial charge in [-0.1, -0.05) is 22.0 Å². The molecular weight excluding hydrogens is 390 g/mol. The molecule has 0 aliphatic carbocycles. The first kappa shape index (κ1) is 17.5. The minimum atomic E-state index is -3.44. The van der Waals surface area contributed by atoms with Crippen molar-refractivity contribution in [2.45, 2.75) is 18.4 Å². The van der Waals surface area contributed by atoms with Gasteiger partial charge in [0.2, 0.25) is 10.0 Å². The van der Waals surface area contributed by atoms with E-state index in [9.17, 15) is 8.42 Å². The van der Waals surface area contributed by atoms with E-state index in [4.69, 9.17) is 0 Å². The maximum atomic E-state index is 12.9. The fraction of sp³-hybridized carbons (Fsp3) is 0.353. The van der Waals surface area contributed by atoms with E-state index in [2.05, 4.69) is 25.8 Å². The lowest BCUT2D eigenvalue weighted by atomic mass is 10.2. The van der Waals surface area contributed by atoms with E-state index in [0.717, 1.165) is 29.7 Å². The van der Waals surface area contributed by atoms with Crippen LogP contribution in [0.2, 0.25) is 0 Å². The van der Waals surface area contributed by atoms with Crippen LogP contribution < -0.4 is 0 Å². The van der Waals surface area contributed by atoms with E-state index < -0.39 is 10.0 Å². The van der Waals surface area contributed by atoms with Crippen LogP contribution >= 0.6 is 15.9 Å². The number of aryl methyl sites for hydroxylation is 1. The van der Waals surface area contributed by atoms with Gasteiger partial charge in [0.1, 0.15) is 0 Å². The van der Waals surface area contributed by atoms with Crippen LogP contribution in [0.1, 0.15) is 11.1 Å². The Kier molecular flexibility index (Phi) is 5.34. The minimum Gasteiger partial charge on any atom is -0.296 e. The molecule has 7 heteroatoms. The van der Waals surface area contributed by atoms with E-state index >= 15 is 0 Å². The number of sulfonamides is 1. The number of hydrogen-bond acceptors (Lipinski definition) is 4. The molecule has 0 unspecified atom stereocenters. The van der Waals surface area contributed by atoms with Crippen molar-refractivity contribution in [3.05, 3.63) is 58.3 Å². The van der Waals surface area contributed by atoms with Gasteiger partial charge in [0.25, 0.3) is 0 Å². The Hall–Kier alpha value is -1.28. The van der Waals surface area contributed by atoms with Crippen molar-refractivity contribution in [2.24, 2.45) is 0 Å². The molecule has 1 saturated heterocycles. The maximum Gasteiger partial charge on any atom is 0.243 e. The third kappa shape index (κ3) is 3.85. The van der Waals surface area contributed by atoms with Gasteiger partial charge in [0.15, 0.2) is 0 Å². The number of halogens is 1. The van der Waals surface area contributed by atoms with Crippen LogP contribution in [0, 0.1) is 6.92 Å². The van der Waals surface area contributed by atoms with Crippen LogP contribution in [0.3, 0.4) is 0 Å². The molecule has 1 aromatic heterocycles. The summed E-state index contributed by atoms with van der Waals surface area (Å²) in [5.74, 6) is 0. The molecule has 3 rings (SSSR count). The molecule has 0 bridgehead atoms. The SMILES string of the molecule is Cc1ccc(Br)cc1S(=O)(=O)N1CCN(Cc2ccncc2)CC1. The second-order valence-electron chi connectivity index (χ2n) is 5.95. The van der Waals surface area contributed by atoms with E-state index in [1.165, 1.54) is 5.56 Å². The minimum absolute atomic E-state index is 0.388. The van der Waals surface area contributed by atoms with E-state index in [-0.39, 0.29) is 0 Å². The predicted molar refractivity (Wildman–Crippen MR) is 97.2 cm³/mol. The molecule has 0 saturated carbocycles. The van der Waals surface area contributed by atoms with Gasteiger partial charge >= 0.3 is 0 Å². The summed E-state index contributed by atoms with van der Waals surface area (Å²) in [6.45, 7) is 5.15. The van der Waals surface area contributed by atoms with E-state index in [1.807, 2.05) is 31.2 Å². The molecule has 1 aromatic carbocycles. The Morgan fingerprint density at radius 1 is 1.08 bits per heavy atom. The third-order valence-corrected chi connectivity index (χ3v) is 6.79. The lowest BCUT2D eigenvalue weighted by Gasteiger charge is -2.34. The van der Waals surface area contributed by atoms with Crippen LogP contribution in [-0.4, -0.2) is 48.8 Å². The summed E-state index contributed by atoms with van der Waals surface area (Å²) in [5, 5.41) is 0. The molecule has 1 fully saturated rings. The van der Waals surface area contributed by atoms with Gasteiger partial charge in [-0.3, -0.25) is 9.88 Å². The van der Waals surface area contributed by atoms with Gasteiger partial charge in [0.05, 0.1) is 4.90 Å². The van der Waals surface area contributed by atoms with Gasteiger partial charge in [-0.25, -0.2) is 8.42 Å². The topological polar surface area (TPSA) is 53.5 Å². The fourth-order valence-corrected chi connectivity index (χ4v) is 5.05. The number of rotatable bonds is 4. The summed E-state index contributed by atoms with van der Waals surface area (Å²) in [6.07, 6.45) is 3.57. The molecule has 0 amide bonds. The second kappa shape index (κ2) is 7.31. The summed E-state index contributed by atoms with van der Waals surface area (Å²) < 4.78 is 28.2. The van der Waals surface area contributed by atoms with Crippen LogP contribution in [-0.2, 0) is 16.6 Å². The Balaban J connectivity index is 1.68. The van der Waals surface area contributed by atoms with Crippen molar-refractivity contribution in [3.63, 3.8) is 0 Å². The number of pyridine rings is 1. The monoisotopic (exact) mass is 409 g/mol. The van der Waals surface area contributed by atoms with Crippen molar-refractivity contribution >= 4 is 26.0 Å². The Labute approximate surface area is 151 Å². The van der Waals surface area contributed by atoms with Crippen LogP contribution in [0.15, 0.2) is 52.1 Å². The quantitative estimate of drug-likeness (QED) is 0.778. The van der Waals surface area contributed by atoms with Gasteiger partial charge < -0.3 is 0 Å². The predicted octanol–water partition coefficient (Wildman–Crippen LogP) is 2.66. The number of benzene rings is 1. The van der Waals surface area contributed by atoms with Crippen LogP contribution in [0.5, 0.6) is 0 Å². The van der Waals surface area contributed by atoms with Gasteiger partial charge in [-0.15, -0.1) is 0 Å². The van der Waals surface area contributed by atoms with Gasteiger partial charge in [0, 0.05) is 49.6 Å². The molecule has 0 atom stereocenters. The zero-order chi connectivity index (χ0) is 17.2. The first-order valence-electron chi connectivity index (χ1n) is 7.84. The first-order chi connectivity index (χ1) is 11.5. The summed E-state index contributed by atoms with van der Waals surface area (Å²) in [4.78, 5) is 6.68. The Morgan fingerprint density at radius 3 is 2.42 bits per heavy atom. The summed E-state index contributed by atoms with van der Waals surface area (Å²) in [5.41, 5.74) is 1.97. The Bertz CT molecular complexity index is 804. The number of aromatic nitrogens is 1. The van der Waals surface area contributed by atoms with Crippen molar-refractivity contribution in [3.8, 4) is 0 Å². The highest BCUT2D eigenvalue weighted by molar-refractivity contribution is 9.10. The van der Waals surface area contributed by atoms with Crippen molar-refractivity contribution in [1.82, 2.24) is 14.2 Å². The lowest BCUT2D eigenvalue weighted by molar-refractivity contribution is 0.181. The summed E-state index contributed by atoms with van der Waals surface area (Å²) >= 11 is 3.36. The Morgan fingerprint density at radius 2 is 1.75 bits per heavy atom. The molecule has 1 aliphatic rings. The molecule has 24 heavy (non-hydrogen) atoms.